The number of halogens is 2. The number of carbonyl (C=O) groups excluding carboxylic acids is 3. The van der Waals surface area contributed by atoms with E-state index < -0.39 is 33.6 Å². The maximum absolute atomic E-state index is 14.0. The largest absolute Gasteiger partial charge is 0.346 e. The Balaban J connectivity index is 2.18. The van der Waals surface area contributed by atoms with Crippen LogP contribution in [0.4, 0.5) is 8.78 Å². The van der Waals surface area contributed by atoms with Crippen molar-refractivity contribution >= 4 is 17.5 Å². The normalized spacial score (nSPS) is 38.1. The van der Waals surface area contributed by atoms with E-state index >= 15 is 0 Å². The van der Waals surface area contributed by atoms with Crippen LogP contribution in [0.5, 0.6) is 0 Å². The Hall–Kier alpha value is -2.36. The molecule has 5 nitrogen and oxygen atoms in total. The third-order valence-electron chi connectivity index (χ3n) is 11.8. The van der Waals surface area contributed by atoms with Gasteiger partial charge in [0.05, 0.1) is 5.57 Å². The molecule has 234 valence electrons. The summed E-state index contributed by atoms with van der Waals surface area (Å²) in [5, 5.41) is 12.7. The topological polar surface area (TPSA) is 87.0 Å². The molecule has 0 aromatic rings. The van der Waals surface area contributed by atoms with Crippen LogP contribution in [-0.4, -0.2) is 28.9 Å². The Kier molecular flexibility index (Phi) is 8.92. The molecule has 3 rings (SSSR count). The van der Waals surface area contributed by atoms with Crippen LogP contribution in [0.2, 0.25) is 0 Å². The third kappa shape index (κ3) is 6.15. The molecule has 2 saturated carbocycles. The Labute approximate surface area is 252 Å². The van der Waals surface area contributed by atoms with E-state index in [1.54, 1.807) is 13.0 Å². The predicted molar refractivity (Wildman–Crippen MR) is 162 cm³/mol. The molecule has 0 heterocycles. The second kappa shape index (κ2) is 11.0. The molecular formula is C35H52F2N2O3. The van der Waals surface area contributed by atoms with E-state index in [0.717, 1.165) is 44.1 Å². The first-order valence-electron chi connectivity index (χ1n) is 15.6. The molecular weight excluding hydrogens is 534 g/mol. The van der Waals surface area contributed by atoms with Gasteiger partial charge in [0, 0.05) is 23.3 Å². The molecule has 42 heavy (non-hydrogen) atoms. The summed E-state index contributed by atoms with van der Waals surface area (Å²) in [4.78, 5) is 38.7. The molecule has 0 saturated heterocycles. The number of amides is 1. The number of nitrogens with zero attached hydrogens (tertiary/aromatic N) is 1. The highest BCUT2D eigenvalue weighted by atomic mass is 19.3. The molecule has 0 bridgehead atoms. The molecule has 3 aliphatic carbocycles. The summed E-state index contributed by atoms with van der Waals surface area (Å²) in [6.07, 6.45) is 10.5. The number of rotatable bonds is 4. The number of hydrogen-bond acceptors (Lipinski definition) is 4. The van der Waals surface area contributed by atoms with Gasteiger partial charge in [-0.2, -0.15) is 14.0 Å². The molecule has 0 radical (unpaired) electrons. The first-order chi connectivity index (χ1) is 19.0. The van der Waals surface area contributed by atoms with Gasteiger partial charge in [-0.25, -0.2) is 0 Å². The van der Waals surface area contributed by atoms with Crippen LogP contribution in [-0.2, 0) is 14.4 Å². The van der Waals surface area contributed by atoms with Crippen molar-refractivity contribution in [2.24, 2.45) is 33.0 Å². The average molecular weight is 587 g/mol. The zero-order valence-electron chi connectivity index (χ0n) is 27.5. The summed E-state index contributed by atoms with van der Waals surface area (Å²) in [5.41, 5.74) is -2.01. The van der Waals surface area contributed by atoms with Gasteiger partial charge in [0.15, 0.2) is 11.6 Å². The van der Waals surface area contributed by atoms with E-state index in [2.05, 4.69) is 46.0 Å². The number of hydrogen-bond donors (Lipinski definition) is 1. The SMILES string of the molecule is CC(=O)/C=C1/[C@@]2(C)C=C(C#N)C(=O)C(C)(C)[C@@H]2CC[C@@]1(C)[C@@]1(C)CCCC(C)(C)CC[C@](C)(NC(=O)C(C)(F)F)CC1. The van der Waals surface area contributed by atoms with Crippen molar-refractivity contribution in [2.75, 3.05) is 0 Å². The molecule has 0 unspecified atom stereocenters. The zero-order valence-corrected chi connectivity index (χ0v) is 27.5. The maximum Gasteiger partial charge on any atom is 0.321 e. The van der Waals surface area contributed by atoms with E-state index in [4.69, 9.17) is 0 Å². The first-order valence-corrected chi connectivity index (χ1v) is 15.6. The number of alkyl halides is 2. The van der Waals surface area contributed by atoms with E-state index in [0.29, 0.717) is 26.2 Å². The van der Waals surface area contributed by atoms with E-state index in [1.807, 2.05) is 26.8 Å². The molecule has 1 N–H and O–H groups in total. The number of Topliss-reactive ketones (excluding diaryl/α,β-unsaturated/α-hetero) is 1. The third-order valence-corrected chi connectivity index (χ3v) is 11.8. The smallest absolute Gasteiger partial charge is 0.321 e. The van der Waals surface area contributed by atoms with Crippen LogP contribution in [0.1, 0.15) is 127 Å². The minimum Gasteiger partial charge on any atom is -0.346 e. The van der Waals surface area contributed by atoms with Crippen LogP contribution in [0, 0.1) is 44.3 Å². The fourth-order valence-corrected chi connectivity index (χ4v) is 8.60. The number of fused-ring (bicyclic) bond motifs is 1. The van der Waals surface area contributed by atoms with Gasteiger partial charge < -0.3 is 5.32 Å². The Morgan fingerprint density at radius 1 is 0.976 bits per heavy atom. The lowest BCUT2D eigenvalue weighted by atomic mass is 9.41. The van der Waals surface area contributed by atoms with Gasteiger partial charge >= 0.3 is 5.92 Å². The number of nitriles is 1. The second-order valence-corrected chi connectivity index (χ2v) is 16.1. The van der Waals surface area contributed by atoms with Crippen LogP contribution in [0.3, 0.4) is 0 Å². The monoisotopic (exact) mass is 586 g/mol. The Bertz CT molecular complexity index is 1240. The van der Waals surface area contributed by atoms with Gasteiger partial charge in [-0.1, -0.05) is 66.5 Å². The highest BCUT2D eigenvalue weighted by molar-refractivity contribution is 6.04. The van der Waals surface area contributed by atoms with Crippen molar-refractivity contribution in [2.45, 2.75) is 138 Å². The van der Waals surface area contributed by atoms with Gasteiger partial charge in [0.1, 0.15) is 6.07 Å². The minimum atomic E-state index is -3.47. The lowest BCUT2D eigenvalue weighted by Crippen LogP contribution is -2.57. The van der Waals surface area contributed by atoms with Crippen molar-refractivity contribution in [1.29, 1.82) is 5.26 Å². The molecule has 3 aliphatic rings. The molecule has 0 aromatic carbocycles. The molecule has 0 aromatic heterocycles. The summed E-state index contributed by atoms with van der Waals surface area (Å²) in [5.74, 6) is -5.02. The van der Waals surface area contributed by atoms with Crippen LogP contribution >= 0.6 is 0 Å². The van der Waals surface area contributed by atoms with Crippen molar-refractivity contribution in [1.82, 2.24) is 5.32 Å². The highest BCUT2D eigenvalue weighted by Gasteiger charge is 2.62. The van der Waals surface area contributed by atoms with Crippen molar-refractivity contribution in [3.8, 4) is 6.07 Å². The average Bonchev–Trinajstić information content (AvgIpc) is 2.85. The second-order valence-electron chi connectivity index (χ2n) is 16.1. The fraction of sp³-hybridized carbons (Fsp3) is 0.771. The lowest BCUT2D eigenvalue weighted by Gasteiger charge is -2.62. The molecule has 1 amide bonds. The van der Waals surface area contributed by atoms with Crippen LogP contribution in [0.25, 0.3) is 0 Å². The Morgan fingerprint density at radius 2 is 1.57 bits per heavy atom. The van der Waals surface area contributed by atoms with Gasteiger partial charge in [-0.15, -0.1) is 0 Å². The number of nitrogens with one attached hydrogen (secondary N) is 1. The van der Waals surface area contributed by atoms with Gasteiger partial charge in [0.2, 0.25) is 0 Å². The predicted octanol–water partition coefficient (Wildman–Crippen LogP) is 8.29. The fourth-order valence-electron chi connectivity index (χ4n) is 8.60. The highest BCUT2D eigenvalue weighted by Crippen LogP contribution is 2.68. The standard InChI is InChI=1S/C35H52F2N2O3/c1-23(40)20-26-33(8)21-24(22-38)27(41)30(4,5)25(33)12-15-34(26,9)31(6)14-11-13-29(2,3)16-18-32(7,19-17-31)39-28(42)35(10,36)37/h20-21,25H,11-19H2,1-10H3,(H,39,42)/b26-20-/t25-,31-,32-,33-,34+/m0/s1. The molecule has 2 fully saturated rings. The summed E-state index contributed by atoms with van der Waals surface area (Å²) < 4.78 is 28.1. The molecule has 5 atom stereocenters. The number of carbonyl (C=O) groups is 3. The van der Waals surface area contributed by atoms with Crippen LogP contribution < -0.4 is 5.32 Å². The quantitative estimate of drug-likeness (QED) is 0.336. The zero-order chi connectivity index (χ0) is 32.2. The number of ketones is 2. The van der Waals surface area contributed by atoms with E-state index in [9.17, 15) is 28.4 Å². The molecule has 0 spiro atoms. The van der Waals surface area contributed by atoms with Crippen molar-refractivity contribution in [3.05, 3.63) is 23.3 Å². The van der Waals surface area contributed by atoms with Crippen molar-refractivity contribution < 1.29 is 23.2 Å². The first kappa shape index (κ1) is 34.1. The minimum absolute atomic E-state index is 0.0280. The summed E-state index contributed by atoms with van der Waals surface area (Å²) in [6.45, 7) is 18.9. The molecule has 7 heteroatoms. The summed E-state index contributed by atoms with van der Waals surface area (Å²) >= 11 is 0. The van der Waals surface area contributed by atoms with Crippen LogP contribution in [0.15, 0.2) is 23.3 Å². The Morgan fingerprint density at radius 3 is 2.12 bits per heavy atom. The summed E-state index contributed by atoms with van der Waals surface area (Å²) in [7, 11) is 0. The van der Waals surface area contributed by atoms with E-state index in [1.165, 1.54) is 0 Å². The van der Waals surface area contributed by atoms with Gasteiger partial charge in [0.25, 0.3) is 5.91 Å². The van der Waals surface area contributed by atoms with Crippen molar-refractivity contribution in [3.63, 3.8) is 0 Å². The number of allylic oxidation sites excluding steroid dienone is 4. The molecule has 0 aliphatic heterocycles. The summed E-state index contributed by atoms with van der Waals surface area (Å²) in [6, 6.07) is 2.14. The van der Waals surface area contributed by atoms with E-state index in [-0.39, 0.29) is 33.9 Å². The lowest BCUT2D eigenvalue weighted by molar-refractivity contribution is -0.145. The maximum atomic E-state index is 14.0. The van der Waals surface area contributed by atoms with Gasteiger partial charge in [-0.05, 0) is 93.5 Å². The van der Waals surface area contributed by atoms with Gasteiger partial charge in [-0.3, -0.25) is 14.4 Å².